The molecule has 46 heavy (non-hydrogen) atoms. The summed E-state index contributed by atoms with van der Waals surface area (Å²) in [6.45, 7) is 0. The zero-order valence-corrected chi connectivity index (χ0v) is 25.4. The molecule has 0 spiro atoms. The highest BCUT2D eigenvalue weighted by Crippen LogP contribution is 2.40. The van der Waals surface area contributed by atoms with E-state index in [2.05, 4.69) is 132 Å². The molecular weight excluding hydrogens is 581 g/mol. The summed E-state index contributed by atoms with van der Waals surface area (Å²) in [6.07, 6.45) is 0. The summed E-state index contributed by atoms with van der Waals surface area (Å²) in [5.74, 6) is 1.92. The molecule has 0 saturated carbocycles. The molecule has 0 atom stereocenters. The molecular formula is C41H24N4S. The smallest absolute Gasteiger partial charge is 0.238 e. The maximum atomic E-state index is 5.30. The van der Waals surface area contributed by atoms with Gasteiger partial charge in [0.05, 0.1) is 11.0 Å². The van der Waals surface area contributed by atoms with E-state index in [1.54, 1.807) is 11.3 Å². The van der Waals surface area contributed by atoms with Crippen LogP contribution in [0, 0.1) is 0 Å². The van der Waals surface area contributed by atoms with E-state index in [-0.39, 0.29) is 0 Å². The largest absolute Gasteiger partial charge is 0.278 e. The highest BCUT2D eigenvalue weighted by Gasteiger charge is 2.20. The zero-order valence-electron chi connectivity index (χ0n) is 24.6. The van der Waals surface area contributed by atoms with Gasteiger partial charge in [-0.15, -0.1) is 11.3 Å². The molecule has 214 valence electrons. The Morgan fingerprint density at radius 3 is 1.70 bits per heavy atom. The van der Waals surface area contributed by atoms with Crippen molar-refractivity contribution in [1.82, 2.24) is 19.5 Å². The Bertz CT molecular complexity index is 2720. The number of nitrogens with zero attached hydrogens (tertiary/aromatic N) is 4. The highest BCUT2D eigenvalue weighted by atomic mass is 32.1. The van der Waals surface area contributed by atoms with Crippen LogP contribution in [0.25, 0.3) is 92.2 Å². The summed E-state index contributed by atoms with van der Waals surface area (Å²) < 4.78 is 4.66. The van der Waals surface area contributed by atoms with Gasteiger partial charge in [-0.1, -0.05) is 109 Å². The molecule has 0 amide bonds. The predicted octanol–water partition coefficient (Wildman–Crippen LogP) is 11.0. The molecule has 3 aromatic heterocycles. The molecule has 0 aliphatic rings. The fourth-order valence-corrected chi connectivity index (χ4v) is 8.04. The Morgan fingerprint density at radius 2 is 1.00 bits per heavy atom. The van der Waals surface area contributed by atoms with Crippen LogP contribution in [0.5, 0.6) is 0 Å². The third-order valence-electron chi connectivity index (χ3n) is 9.00. The van der Waals surface area contributed by atoms with Crippen molar-refractivity contribution in [2.45, 2.75) is 0 Å². The maximum absolute atomic E-state index is 5.30. The van der Waals surface area contributed by atoms with E-state index in [4.69, 9.17) is 15.0 Å². The van der Waals surface area contributed by atoms with Gasteiger partial charge in [0.15, 0.2) is 11.6 Å². The molecule has 0 bridgehead atoms. The number of hydrogen-bond donors (Lipinski definition) is 0. The van der Waals surface area contributed by atoms with Gasteiger partial charge in [0.1, 0.15) is 0 Å². The first-order valence-electron chi connectivity index (χ1n) is 15.4. The van der Waals surface area contributed by atoms with E-state index in [1.165, 1.54) is 52.5 Å². The lowest BCUT2D eigenvalue weighted by atomic mass is 10.0. The molecule has 10 aromatic rings. The topological polar surface area (TPSA) is 43.6 Å². The van der Waals surface area contributed by atoms with Gasteiger partial charge in [0.25, 0.3) is 0 Å². The van der Waals surface area contributed by atoms with Crippen molar-refractivity contribution in [2.24, 2.45) is 0 Å². The van der Waals surface area contributed by atoms with Crippen molar-refractivity contribution in [3.63, 3.8) is 0 Å². The minimum atomic E-state index is 0.604. The van der Waals surface area contributed by atoms with Crippen LogP contribution in [0.2, 0.25) is 0 Å². The first kappa shape index (κ1) is 25.4. The molecule has 0 unspecified atom stereocenters. The Hall–Kier alpha value is -5.91. The van der Waals surface area contributed by atoms with Crippen molar-refractivity contribution < 1.29 is 0 Å². The summed E-state index contributed by atoms with van der Waals surface area (Å²) in [5.41, 5.74) is 4.10. The van der Waals surface area contributed by atoms with Crippen LogP contribution in [0.3, 0.4) is 0 Å². The minimum Gasteiger partial charge on any atom is -0.278 e. The molecule has 7 aromatic carbocycles. The van der Waals surface area contributed by atoms with Crippen LogP contribution in [0.15, 0.2) is 146 Å². The van der Waals surface area contributed by atoms with Crippen molar-refractivity contribution in [3.8, 4) is 28.7 Å². The summed E-state index contributed by atoms with van der Waals surface area (Å²) in [4.78, 5) is 15.6. The Balaban J connectivity index is 1.33. The molecule has 3 heterocycles. The number of rotatable bonds is 3. The minimum absolute atomic E-state index is 0.604. The zero-order chi connectivity index (χ0) is 30.2. The molecule has 10 rings (SSSR count). The monoisotopic (exact) mass is 604 g/mol. The lowest BCUT2D eigenvalue weighted by molar-refractivity contribution is 0.955. The van der Waals surface area contributed by atoms with Gasteiger partial charge >= 0.3 is 0 Å². The highest BCUT2D eigenvalue weighted by molar-refractivity contribution is 7.26. The van der Waals surface area contributed by atoms with Crippen molar-refractivity contribution >= 4 is 74.9 Å². The lowest BCUT2D eigenvalue weighted by Gasteiger charge is -2.12. The molecule has 0 aliphatic carbocycles. The van der Waals surface area contributed by atoms with Crippen molar-refractivity contribution in [3.05, 3.63) is 146 Å². The summed E-state index contributed by atoms with van der Waals surface area (Å²) >= 11 is 1.79. The normalized spacial score (nSPS) is 11.9. The van der Waals surface area contributed by atoms with E-state index in [0.717, 1.165) is 22.2 Å². The third-order valence-corrected chi connectivity index (χ3v) is 10.2. The summed E-state index contributed by atoms with van der Waals surface area (Å²) in [7, 11) is 0. The second kappa shape index (κ2) is 9.80. The number of hydrogen-bond acceptors (Lipinski definition) is 4. The first-order chi connectivity index (χ1) is 22.8. The molecule has 0 N–H and O–H groups in total. The standard InChI is InChI=1S/C41H24N4S/c1-2-11-25(12-3-1)39-42-40(32-19-10-18-31-30-17-8-9-20-37(30)46-38(31)32)44-41(43-39)45-35-23-28-15-6-4-13-26(28)21-33(35)34-22-27-14-5-7-16-29(27)24-36(34)45/h1-24H. The Kier molecular flexibility index (Phi) is 5.41. The first-order valence-corrected chi connectivity index (χ1v) is 16.2. The molecule has 0 radical (unpaired) electrons. The van der Waals surface area contributed by atoms with E-state index in [0.29, 0.717) is 17.6 Å². The van der Waals surface area contributed by atoms with Gasteiger partial charge in [0.2, 0.25) is 5.95 Å². The summed E-state index contributed by atoms with van der Waals surface area (Å²) in [5, 5.41) is 9.59. The molecule has 5 heteroatoms. The van der Waals surface area contributed by atoms with Gasteiger partial charge in [-0.2, -0.15) is 9.97 Å². The van der Waals surface area contributed by atoms with Gasteiger partial charge in [0, 0.05) is 42.1 Å². The predicted molar refractivity (Wildman–Crippen MR) is 193 cm³/mol. The van der Waals surface area contributed by atoms with Gasteiger partial charge in [-0.3, -0.25) is 4.57 Å². The molecule has 0 aliphatic heterocycles. The quantitative estimate of drug-likeness (QED) is 0.201. The molecule has 4 nitrogen and oxygen atoms in total. The fraction of sp³-hybridized carbons (Fsp3) is 0. The molecule has 0 saturated heterocycles. The second-order valence-corrected chi connectivity index (χ2v) is 12.7. The van der Waals surface area contributed by atoms with Crippen LogP contribution < -0.4 is 0 Å². The maximum Gasteiger partial charge on any atom is 0.238 e. The van der Waals surface area contributed by atoms with Gasteiger partial charge < -0.3 is 0 Å². The SMILES string of the molecule is c1ccc(-c2nc(-c3cccc4c3sc3ccccc34)nc(-n3c4cc5ccccc5cc4c4cc5ccccc5cc43)n2)cc1. The van der Waals surface area contributed by atoms with Crippen LogP contribution in [-0.4, -0.2) is 19.5 Å². The Morgan fingerprint density at radius 1 is 0.435 bits per heavy atom. The van der Waals surface area contributed by atoms with Crippen LogP contribution in [0.1, 0.15) is 0 Å². The van der Waals surface area contributed by atoms with Crippen molar-refractivity contribution in [1.29, 1.82) is 0 Å². The van der Waals surface area contributed by atoms with Crippen LogP contribution in [0.4, 0.5) is 0 Å². The van der Waals surface area contributed by atoms with Crippen LogP contribution in [-0.2, 0) is 0 Å². The average molecular weight is 605 g/mol. The van der Waals surface area contributed by atoms with E-state index in [1.807, 2.05) is 18.2 Å². The number of thiophene rings is 1. The summed E-state index contributed by atoms with van der Waals surface area (Å²) in [6, 6.07) is 51.5. The van der Waals surface area contributed by atoms with E-state index in [9.17, 15) is 0 Å². The number of aromatic nitrogens is 4. The fourth-order valence-electron chi connectivity index (χ4n) is 6.83. The second-order valence-electron chi connectivity index (χ2n) is 11.7. The van der Waals surface area contributed by atoms with E-state index >= 15 is 0 Å². The number of fused-ring (bicyclic) bond motifs is 8. The van der Waals surface area contributed by atoms with E-state index < -0.39 is 0 Å². The van der Waals surface area contributed by atoms with Crippen LogP contribution >= 0.6 is 11.3 Å². The average Bonchev–Trinajstić information content (AvgIpc) is 3.65. The van der Waals surface area contributed by atoms with Crippen molar-refractivity contribution in [2.75, 3.05) is 0 Å². The lowest BCUT2D eigenvalue weighted by Crippen LogP contribution is -2.06. The third kappa shape index (κ3) is 3.82. The van der Waals surface area contributed by atoms with Gasteiger partial charge in [-0.25, -0.2) is 4.98 Å². The number of benzene rings is 7. The molecule has 0 fully saturated rings. The van der Waals surface area contributed by atoms with Gasteiger partial charge in [-0.05, 0) is 57.9 Å². The Labute approximate surface area is 267 Å².